The normalized spacial score (nSPS) is 11.8. The number of aromatic nitrogens is 1. The lowest BCUT2D eigenvalue weighted by molar-refractivity contribution is -0.660. The number of hydrogen-bond donors (Lipinski definition) is 0. The molecule has 0 N–H and O–H groups in total. The van der Waals surface area contributed by atoms with Gasteiger partial charge in [0, 0.05) is 28.5 Å². The first-order chi connectivity index (χ1) is 15.8. The maximum atomic E-state index is 9.65. The number of rotatable bonds is 3. The smallest absolute Gasteiger partial charge is 0.216 e. The standard InChI is InChI=1S/C29H27N2OSi/c1-19-12-15-24-23-10-8-9-22(20-13-14-21(18-30)26(17-20)33(3,4)5)28(23)32-29(24)27(19)25-11-6-7-16-31(25)2/h6-17H,1-5H3/q+1. The third kappa shape index (κ3) is 3.46. The van der Waals surface area contributed by atoms with Crippen molar-refractivity contribution in [1.82, 2.24) is 0 Å². The molecule has 0 bridgehead atoms. The van der Waals surface area contributed by atoms with Gasteiger partial charge in [0.1, 0.15) is 18.2 Å². The molecule has 5 aromatic rings. The maximum absolute atomic E-state index is 9.65. The quantitative estimate of drug-likeness (QED) is 0.235. The van der Waals surface area contributed by atoms with E-state index < -0.39 is 8.07 Å². The zero-order valence-electron chi connectivity index (χ0n) is 19.7. The van der Waals surface area contributed by atoms with Crippen LogP contribution < -0.4 is 9.75 Å². The number of nitriles is 1. The largest absolute Gasteiger partial charge is 0.454 e. The highest BCUT2D eigenvalue weighted by molar-refractivity contribution is 6.89. The molecule has 0 saturated heterocycles. The Kier molecular flexibility index (Phi) is 4.95. The van der Waals surface area contributed by atoms with Crippen molar-refractivity contribution in [3.8, 4) is 28.5 Å². The van der Waals surface area contributed by atoms with E-state index in [4.69, 9.17) is 4.42 Å². The second-order valence-corrected chi connectivity index (χ2v) is 14.8. The molecule has 3 aromatic carbocycles. The molecule has 5 rings (SSSR count). The molecule has 0 aliphatic rings. The molecule has 0 aliphatic carbocycles. The summed E-state index contributed by atoms with van der Waals surface area (Å²) in [6.07, 6.45) is 2.07. The van der Waals surface area contributed by atoms with Crippen molar-refractivity contribution in [2.75, 3.05) is 0 Å². The van der Waals surface area contributed by atoms with E-state index in [1.165, 1.54) is 10.8 Å². The van der Waals surface area contributed by atoms with Crippen molar-refractivity contribution in [2.45, 2.75) is 26.6 Å². The number of fused-ring (bicyclic) bond motifs is 3. The summed E-state index contributed by atoms with van der Waals surface area (Å²) >= 11 is 0. The van der Waals surface area contributed by atoms with E-state index in [1.54, 1.807) is 0 Å². The van der Waals surface area contributed by atoms with E-state index >= 15 is 0 Å². The molecular weight excluding hydrogens is 420 g/mol. The molecular formula is C29H27N2OSi+. The Morgan fingerprint density at radius 3 is 2.39 bits per heavy atom. The topological polar surface area (TPSA) is 40.8 Å². The van der Waals surface area contributed by atoms with Gasteiger partial charge in [-0.25, -0.2) is 4.57 Å². The van der Waals surface area contributed by atoms with Crippen molar-refractivity contribution in [2.24, 2.45) is 7.05 Å². The van der Waals surface area contributed by atoms with Gasteiger partial charge < -0.3 is 4.42 Å². The van der Waals surface area contributed by atoms with Crippen LogP contribution in [0.5, 0.6) is 0 Å². The number of aryl methyl sites for hydroxylation is 2. The van der Waals surface area contributed by atoms with Gasteiger partial charge >= 0.3 is 0 Å². The van der Waals surface area contributed by atoms with Gasteiger partial charge in [-0.05, 0) is 35.4 Å². The molecule has 0 atom stereocenters. The molecule has 0 spiro atoms. The molecule has 2 aromatic heterocycles. The summed E-state index contributed by atoms with van der Waals surface area (Å²) in [5, 5.41) is 13.1. The van der Waals surface area contributed by atoms with Crippen LogP contribution in [-0.4, -0.2) is 8.07 Å². The Balaban J connectivity index is 1.82. The minimum atomic E-state index is -1.69. The summed E-state index contributed by atoms with van der Waals surface area (Å²) in [5.74, 6) is 0. The fourth-order valence-electron chi connectivity index (χ4n) is 4.72. The Labute approximate surface area is 195 Å². The van der Waals surface area contributed by atoms with E-state index in [-0.39, 0.29) is 0 Å². The van der Waals surface area contributed by atoms with Crippen LogP contribution in [0.15, 0.2) is 77.3 Å². The molecule has 0 unspecified atom stereocenters. The fourth-order valence-corrected chi connectivity index (χ4v) is 6.25. The van der Waals surface area contributed by atoms with Crippen molar-refractivity contribution < 1.29 is 8.98 Å². The summed E-state index contributed by atoms with van der Waals surface area (Å²) in [6, 6.07) is 25.5. The third-order valence-corrected chi connectivity index (χ3v) is 8.48. The number of benzene rings is 3. The predicted octanol–water partition coefficient (Wildman–Crippen LogP) is 6.47. The SMILES string of the molecule is Cc1ccc2c(oc3c(-c4ccc(C#N)c([Si](C)(C)C)c4)cccc32)c1-c1cccc[n+]1C. The zero-order valence-corrected chi connectivity index (χ0v) is 20.7. The van der Waals surface area contributed by atoms with E-state index in [1.807, 2.05) is 18.2 Å². The molecule has 4 heteroatoms. The van der Waals surface area contributed by atoms with Crippen LogP contribution in [0.1, 0.15) is 11.1 Å². The lowest BCUT2D eigenvalue weighted by Gasteiger charge is -2.19. The number of furan rings is 1. The van der Waals surface area contributed by atoms with Gasteiger partial charge in [0.25, 0.3) is 0 Å². The lowest BCUT2D eigenvalue weighted by atomic mass is 9.98. The highest BCUT2D eigenvalue weighted by atomic mass is 28.3. The van der Waals surface area contributed by atoms with Crippen molar-refractivity contribution >= 4 is 35.2 Å². The molecule has 3 nitrogen and oxygen atoms in total. The van der Waals surface area contributed by atoms with Gasteiger partial charge in [-0.15, -0.1) is 0 Å². The van der Waals surface area contributed by atoms with Crippen molar-refractivity contribution in [3.05, 3.63) is 84.1 Å². The Hall–Kier alpha value is -3.68. The highest BCUT2D eigenvalue weighted by Crippen LogP contribution is 2.40. The molecule has 0 radical (unpaired) electrons. The lowest BCUT2D eigenvalue weighted by Crippen LogP contribution is -2.39. The summed E-state index contributed by atoms with van der Waals surface area (Å²) in [5.41, 5.74) is 8.19. The third-order valence-electron chi connectivity index (χ3n) is 6.45. The van der Waals surface area contributed by atoms with Gasteiger partial charge in [0.2, 0.25) is 5.69 Å². The van der Waals surface area contributed by atoms with Crippen LogP contribution >= 0.6 is 0 Å². The van der Waals surface area contributed by atoms with E-state index in [2.05, 4.69) is 99.0 Å². The van der Waals surface area contributed by atoms with E-state index in [0.717, 1.165) is 49.9 Å². The summed E-state index contributed by atoms with van der Waals surface area (Å²) in [6.45, 7) is 8.98. The second-order valence-electron chi connectivity index (χ2n) is 9.74. The monoisotopic (exact) mass is 447 g/mol. The van der Waals surface area contributed by atoms with Crippen LogP contribution in [0.25, 0.3) is 44.3 Å². The van der Waals surface area contributed by atoms with Gasteiger partial charge in [-0.3, -0.25) is 0 Å². The number of hydrogen-bond acceptors (Lipinski definition) is 2. The number of nitrogens with zero attached hydrogens (tertiary/aromatic N) is 2. The maximum Gasteiger partial charge on any atom is 0.216 e. The van der Waals surface area contributed by atoms with Crippen LogP contribution in [0.3, 0.4) is 0 Å². The molecule has 33 heavy (non-hydrogen) atoms. The Morgan fingerprint density at radius 1 is 0.879 bits per heavy atom. The minimum absolute atomic E-state index is 0.782. The summed E-state index contributed by atoms with van der Waals surface area (Å²) < 4.78 is 8.81. The van der Waals surface area contributed by atoms with Gasteiger partial charge in [0.15, 0.2) is 6.20 Å². The summed E-state index contributed by atoms with van der Waals surface area (Å²) in [7, 11) is 0.381. The summed E-state index contributed by atoms with van der Waals surface area (Å²) in [4.78, 5) is 0. The van der Waals surface area contributed by atoms with Gasteiger partial charge in [-0.1, -0.05) is 62.1 Å². The average molecular weight is 448 g/mol. The first-order valence-corrected chi connectivity index (χ1v) is 14.7. The highest BCUT2D eigenvalue weighted by Gasteiger charge is 2.24. The van der Waals surface area contributed by atoms with E-state index in [0.29, 0.717) is 0 Å². The number of pyridine rings is 1. The predicted molar refractivity (Wildman–Crippen MR) is 138 cm³/mol. The molecule has 2 heterocycles. The fraction of sp³-hybridized carbons (Fsp3) is 0.172. The van der Waals surface area contributed by atoms with Crippen molar-refractivity contribution in [3.63, 3.8) is 0 Å². The Bertz CT molecular complexity index is 1580. The first-order valence-electron chi connectivity index (χ1n) is 11.2. The molecule has 0 amide bonds. The van der Waals surface area contributed by atoms with Crippen molar-refractivity contribution in [1.29, 1.82) is 5.26 Å². The van der Waals surface area contributed by atoms with Crippen LogP contribution in [0.4, 0.5) is 0 Å². The second kappa shape index (κ2) is 7.72. The Morgan fingerprint density at radius 2 is 1.67 bits per heavy atom. The van der Waals surface area contributed by atoms with Crippen LogP contribution in [0.2, 0.25) is 19.6 Å². The molecule has 0 aliphatic heterocycles. The van der Waals surface area contributed by atoms with Gasteiger partial charge in [-0.2, -0.15) is 5.26 Å². The van der Waals surface area contributed by atoms with Crippen LogP contribution in [-0.2, 0) is 7.05 Å². The first kappa shape index (κ1) is 21.2. The van der Waals surface area contributed by atoms with E-state index in [9.17, 15) is 5.26 Å². The van der Waals surface area contributed by atoms with Crippen LogP contribution in [0, 0.1) is 18.3 Å². The molecule has 0 saturated carbocycles. The van der Waals surface area contributed by atoms with Gasteiger partial charge in [0.05, 0.1) is 25.3 Å². The molecule has 162 valence electrons. The number of para-hydroxylation sites is 1. The minimum Gasteiger partial charge on any atom is -0.454 e. The molecule has 0 fully saturated rings. The zero-order chi connectivity index (χ0) is 23.3. The average Bonchev–Trinajstić information content (AvgIpc) is 3.17.